The molecule has 0 fully saturated rings. The summed E-state index contributed by atoms with van der Waals surface area (Å²) in [4.78, 5) is 11.1. The molecule has 2 N–H and O–H groups in total. The average Bonchev–Trinajstić information content (AvgIpc) is 3.54. The molecule has 0 radical (unpaired) electrons. The van der Waals surface area contributed by atoms with Gasteiger partial charge in [0.15, 0.2) is 5.65 Å². The van der Waals surface area contributed by atoms with E-state index in [4.69, 9.17) is 0 Å². The highest BCUT2D eigenvalue weighted by molar-refractivity contribution is 5.86. The molecule has 0 saturated carbocycles. The lowest BCUT2D eigenvalue weighted by Crippen LogP contribution is -2.25. The van der Waals surface area contributed by atoms with E-state index in [9.17, 15) is 0 Å². The van der Waals surface area contributed by atoms with Gasteiger partial charge in [0.25, 0.3) is 0 Å². The largest absolute Gasteiger partial charge is 0.352 e. The van der Waals surface area contributed by atoms with Crippen LogP contribution in [0, 0.1) is 0 Å². The number of aromatic amines is 2. The first kappa shape index (κ1) is 19.8. The SMILES string of the molecule is CCCCN(Cc1ccc(-c2ccccc2-c2nn[nH]n2)cc1)c1ncnc2[nH]ncc12. The predicted octanol–water partition coefficient (Wildman–Crippen LogP) is 4.01. The molecule has 32 heavy (non-hydrogen) atoms. The molecule has 0 saturated heterocycles. The van der Waals surface area contributed by atoms with E-state index >= 15 is 0 Å². The monoisotopic (exact) mass is 425 g/mol. The van der Waals surface area contributed by atoms with Crippen LogP contribution in [0.5, 0.6) is 0 Å². The molecule has 3 aromatic heterocycles. The molecule has 0 aliphatic carbocycles. The Morgan fingerprint density at radius 2 is 1.81 bits per heavy atom. The van der Waals surface area contributed by atoms with Gasteiger partial charge in [0, 0.05) is 18.7 Å². The zero-order valence-electron chi connectivity index (χ0n) is 17.7. The number of nitrogens with zero attached hydrogens (tertiary/aromatic N) is 7. The van der Waals surface area contributed by atoms with Crippen molar-refractivity contribution in [1.29, 1.82) is 0 Å². The highest BCUT2D eigenvalue weighted by atomic mass is 15.5. The zero-order chi connectivity index (χ0) is 21.8. The van der Waals surface area contributed by atoms with E-state index in [1.807, 2.05) is 18.2 Å². The molecular formula is C23H23N9. The Labute approximate surface area is 184 Å². The topological polar surface area (TPSA) is 112 Å². The number of anilines is 1. The number of hydrogen-bond donors (Lipinski definition) is 2. The molecule has 0 atom stereocenters. The molecule has 9 heteroatoms. The molecule has 5 rings (SSSR count). The lowest BCUT2D eigenvalue weighted by molar-refractivity contribution is 0.709. The fourth-order valence-corrected chi connectivity index (χ4v) is 3.83. The Kier molecular flexibility index (Phi) is 5.52. The van der Waals surface area contributed by atoms with Crippen molar-refractivity contribution in [3.05, 3.63) is 66.6 Å². The van der Waals surface area contributed by atoms with Gasteiger partial charge in [0.05, 0.1) is 11.6 Å². The van der Waals surface area contributed by atoms with Gasteiger partial charge in [0.1, 0.15) is 12.1 Å². The number of unbranched alkanes of at least 4 members (excludes halogenated alkanes) is 1. The summed E-state index contributed by atoms with van der Waals surface area (Å²) >= 11 is 0. The molecule has 0 aliphatic heterocycles. The summed E-state index contributed by atoms with van der Waals surface area (Å²) in [5.74, 6) is 1.49. The van der Waals surface area contributed by atoms with Crippen molar-refractivity contribution in [1.82, 2.24) is 40.8 Å². The summed E-state index contributed by atoms with van der Waals surface area (Å²) in [6.07, 6.45) is 5.58. The average molecular weight is 426 g/mol. The number of tetrazole rings is 1. The Balaban J connectivity index is 1.43. The van der Waals surface area contributed by atoms with Gasteiger partial charge < -0.3 is 4.90 Å². The molecule has 0 amide bonds. The van der Waals surface area contributed by atoms with Crippen molar-refractivity contribution in [2.24, 2.45) is 0 Å². The third-order valence-electron chi connectivity index (χ3n) is 5.46. The third kappa shape index (κ3) is 3.92. The first-order chi connectivity index (χ1) is 15.8. The normalized spacial score (nSPS) is 11.2. The second kappa shape index (κ2) is 8.93. The number of hydrogen-bond acceptors (Lipinski definition) is 7. The molecule has 0 unspecified atom stereocenters. The molecule has 160 valence electrons. The van der Waals surface area contributed by atoms with Gasteiger partial charge in [-0.25, -0.2) is 9.97 Å². The number of nitrogens with one attached hydrogen (secondary N) is 2. The van der Waals surface area contributed by atoms with Crippen LogP contribution in [0.25, 0.3) is 33.5 Å². The summed E-state index contributed by atoms with van der Waals surface area (Å²) in [5.41, 5.74) is 5.08. The molecule has 0 bridgehead atoms. The summed E-state index contributed by atoms with van der Waals surface area (Å²) in [6.45, 7) is 3.86. The molecule has 5 aromatic rings. The van der Waals surface area contributed by atoms with E-state index in [0.29, 0.717) is 5.82 Å². The number of benzene rings is 2. The summed E-state index contributed by atoms with van der Waals surface area (Å²) in [6, 6.07) is 16.7. The second-order valence-corrected chi connectivity index (χ2v) is 7.58. The van der Waals surface area contributed by atoms with Crippen LogP contribution in [0.3, 0.4) is 0 Å². The van der Waals surface area contributed by atoms with Crippen molar-refractivity contribution in [2.75, 3.05) is 11.4 Å². The van der Waals surface area contributed by atoms with Crippen LogP contribution in [-0.4, -0.2) is 47.3 Å². The number of H-pyrrole nitrogens is 2. The van der Waals surface area contributed by atoms with Gasteiger partial charge in [-0.05, 0) is 28.3 Å². The summed E-state index contributed by atoms with van der Waals surface area (Å²) in [7, 11) is 0. The fraction of sp³-hybridized carbons (Fsp3) is 0.217. The van der Waals surface area contributed by atoms with Crippen LogP contribution in [-0.2, 0) is 6.54 Å². The predicted molar refractivity (Wildman–Crippen MR) is 123 cm³/mol. The lowest BCUT2D eigenvalue weighted by atomic mass is 9.98. The van der Waals surface area contributed by atoms with Crippen molar-refractivity contribution >= 4 is 16.9 Å². The van der Waals surface area contributed by atoms with Crippen molar-refractivity contribution < 1.29 is 0 Å². The standard InChI is InChI=1S/C23H23N9/c1-2-3-12-32(23-20-13-26-27-21(20)24-15-25-23)14-16-8-10-17(11-9-16)18-6-4-5-7-19(18)22-28-30-31-29-22/h4-11,13,15H,2-3,12,14H2,1H3,(H,24,25,26,27)(H,28,29,30,31). The van der Waals surface area contributed by atoms with E-state index < -0.39 is 0 Å². The molecule has 2 aromatic carbocycles. The lowest BCUT2D eigenvalue weighted by Gasteiger charge is -2.24. The summed E-state index contributed by atoms with van der Waals surface area (Å²) in [5, 5.41) is 22.5. The van der Waals surface area contributed by atoms with E-state index in [1.165, 1.54) is 5.56 Å². The van der Waals surface area contributed by atoms with Crippen LogP contribution in [0.4, 0.5) is 5.82 Å². The second-order valence-electron chi connectivity index (χ2n) is 7.58. The van der Waals surface area contributed by atoms with Gasteiger partial charge in [-0.2, -0.15) is 10.3 Å². The van der Waals surface area contributed by atoms with Gasteiger partial charge in [0.2, 0.25) is 5.82 Å². The van der Waals surface area contributed by atoms with Crippen molar-refractivity contribution in [2.45, 2.75) is 26.3 Å². The zero-order valence-corrected chi connectivity index (χ0v) is 17.7. The third-order valence-corrected chi connectivity index (χ3v) is 5.46. The van der Waals surface area contributed by atoms with Gasteiger partial charge in [-0.1, -0.05) is 61.9 Å². The molecule has 0 aliphatic rings. The van der Waals surface area contributed by atoms with Gasteiger partial charge in [-0.15, -0.1) is 10.2 Å². The maximum absolute atomic E-state index is 4.57. The minimum atomic E-state index is 0.586. The van der Waals surface area contributed by atoms with Crippen molar-refractivity contribution in [3.63, 3.8) is 0 Å². The smallest absolute Gasteiger partial charge is 0.205 e. The maximum atomic E-state index is 4.57. The van der Waals surface area contributed by atoms with E-state index in [1.54, 1.807) is 12.5 Å². The highest BCUT2D eigenvalue weighted by Gasteiger charge is 2.15. The summed E-state index contributed by atoms with van der Waals surface area (Å²) < 4.78 is 0. The Morgan fingerprint density at radius 1 is 0.969 bits per heavy atom. The number of aromatic nitrogens is 8. The van der Waals surface area contributed by atoms with Crippen LogP contribution < -0.4 is 4.90 Å². The molecular weight excluding hydrogens is 402 g/mol. The minimum Gasteiger partial charge on any atom is -0.352 e. The Bertz CT molecular complexity index is 1290. The molecule has 0 spiro atoms. The fourth-order valence-electron chi connectivity index (χ4n) is 3.83. The van der Waals surface area contributed by atoms with Crippen LogP contribution in [0.2, 0.25) is 0 Å². The molecule has 9 nitrogen and oxygen atoms in total. The highest BCUT2D eigenvalue weighted by Crippen LogP contribution is 2.30. The van der Waals surface area contributed by atoms with Crippen LogP contribution in [0.15, 0.2) is 61.1 Å². The van der Waals surface area contributed by atoms with Crippen LogP contribution in [0.1, 0.15) is 25.3 Å². The number of fused-ring (bicyclic) bond motifs is 1. The van der Waals surface area contributed by atoms with Crippen LogP contribution >= 0.6 is 0 Å². The first-order valence-electron chi connectivity index (χ1n) is 10.6. The van der Waals surface area contributed by atoms with Gasteiger partial charge >= 0.3 is 0 Å². The quantitative estimate of drug-likeness (QED) is 0.386. The minimum absolute atomic E-state index is 0.586. The first-order valence-corrected chi connectivity index (χ1v) is 10.6. The molecule has 3 heterocycles. The van der Waals surface area contributed by atoms with E-state index in [2.05, 4.69) is 82.9 Å². The number of rotatable bonds is 8. The Hall–Kier alpha value is -4.14. The van der Waals surface area contributed by atoms with Gasteiger partial charge in [-0.3, -0.25) is 5.10 Å². The van der Waals surface area contributed by atoms with E-state index in [0.717, 1.165) is 59.5 Å². The van der Waals surface area contributed by atoms with E-state index in [-0.39, 0.29) is 0 Å². The Morgan fingerprint density at radius 3 is 2.59 bits per heavy atom. The maximum Gasteiger partial charge on any atom is 0.205 e. The van der Waals surface area contributed by atoms with Crippen molar-refractivity contribution in [3.8, 4) is 22.5 Å².